The minimum atomic E-state index is -1.71. The summed E-state index contributed by atoms with van der Waals surface area (Å²) in [6, 6.07) is 8.66. The smallest absolute Gasteiger partial charge is 0.550 e. The molecule has 13 heteroatoms. The van der Waals surface area contributed by atoms with Crippen molar-refractivity contribution in [1.29, 1.82) is 0 Å². The second kappa shape index (κ2) is 17.4. The van der Waals surface area contributed by atoms with Gasteiger partial charge in [-0.25, -0.2) is 0 Å². The summed E-state index contributed by atoms with van der Waals surface area (Å²) in [6.07, 6.45) is 3.51. The van der Waals surface area contributed by atoms with Crippen LogP contribution >= 0.6 is 0 Å². The molecule has 44 heavy (non-hydrogen) atoms. The zero-order valence-electron chi connectivity index (χ0n) is 28.9. The van der Waals surface area contributed by atoms with Crippen molar-refractivity contribution in [3.63, 3.8) is 0 Å². The first-order chi connectivity index (χ1) is 19.2. The maximum Gasteiger partial charge on any atom is 2.00 e. The standard InChI is InChI=1S/C27H46N2O2Si4.2C2H4O2.Co/c1-32(2,3)22-13-20(26(30)24(15-22)34(7,8)9)17-28-19-29-18-21-14-23(33(4,5)6)16-25(27(21)31)35(10,11)12;2*1-2(3)4;/h13-18,30-31H,19H2,1-12H3;2*1H3,(H,3,4);/q;;;+2/p-2. The summed E-state index contributed by atoms with van der Waals surface area (Å²) in [5.74, 6) is -1.45. The van der Waals surface area contributed by atoms with Gasteiger partial charge in [0, 0.05) is 35.5 Å². The van der Waals surface area contributed by atoms with E-state index in [0.29, 0.717) is 11.5 Å². The van der Waals surface area contributed by atoms with Gasteiger partial charge in [-0.1, -0.05) is 113 Å². The van der Waals surface area contributed by atoms with Gasteiger partial charge in [-0.15, -0.1) is 0 Å². The zero-order chi connectivity index (χ0) is 34.1. The first kappa shape index (κ1) is 43.8. The van der Waals surface area contributed by atoms with E-state index >= 15 is 0 Å². The molecule has 0 aliphatic carbocycles. The molecule has 8 nitrogen and oxygen atoms in total. The van der Waals surface area contributed by atoms with Gasteiger partial charge in [0.1, 0.15) is 18.2 Å². The fraction of sp³-hybridized carbons (Fsp3) is 0.484. The van der Waals surface area contributed by atoms with Crippen LogP contribution in [0.15, 0.2) is 34.3 Å². The van der Waals surface area contributed by atoms with Crippen LogP contribution in [0.2, 0.25) is 78.6 Å². The van der Waals surface area contributed by atoms with Gasteiger partial charge in [0.25, 0.3) is 0 Å². The van der Waals surface area contributed by atoms with Gasteiger partial charge in [0.15, 0.2) is 0 Å². The Bertz CT molecular complexity index is 1230. The SMILES string of the molecule is CC(=O)[O-].CC(=O)[O-].C[Si](C)(C)c1cc(C=NCN=Cc2cc([Si](C)(C)C)cc([Si](C)(C)C)c2O)c(O)c([Si](C)(C)C)c1.[Co+2]. The number of rotatable bonds is 8. The number of hydrogen-bond acceptors (Lipinski definition) is 8. The molecule has 0 aromatic heterocycles. The van der Waals surface area contributed by atoms with E-state index in [2.05, 4.69) is 113 Å². The Hall–Kier alpha value is -2.31. The van der Waals surface area contributed by atoms with Crippen molar-refractivity contribution in [1.82, 2.24) is 0 Å². The summed E-state index contributed by atoms with van der Waals surface area (Å²) in [6.45, 7) is 29.7. The Balaban J connectivity index is 0. The van der Waals surface area contributed by atoms with Crippen LogP contribution in [0, 0.1) is 0 Å². The number of phenols is 2. The minimum absolute atomic E-state index is 0. The number of carboxylic acids is 2. The topological polar surface area (TPSA) is 145 Å². The molecule has 0 saturated carbocycles. The van der Waals surface area contributed by atoms with E-state index in [1.165, 1.54) is 10.4 Å². The molecular weight excluding hydrogens is 668 g/mol. The van der Waals surface area contributed by atoms with Crippen LogP contribution in [0.5, 0.6) is 11.5 Å². The molecule has 0 spiro atoms. The molecule has 0 aliphatic rings. The summed E-state index contributed by atoms with van der Waals surface area (Å²) in [4.78, 5) is 26.8. The predicted octanol–water partition coefficient (Wildman–Crippen LogP) is 2.28. The van der Waals surface area contributed by atoms with Gasteiger partial charge in [0.05, 0.1) is 32.3 Å². The van der Waals surface area contributed by atoms with Gasteiger partial charge in [0.2, 0.25) is 0 Å². The fourth-order valence-corrected chi connectivity index (χ4v) is 9.35. The van der Waals surface area contributed by atoms with E-state index in [4.69, 9.17) is 19.8 Å². The zero-order valence-corrected chi connectivity index (χ0v) is 34.0. The van der Waals surface area contributed by atoms with Crippen LogP contribution in [-0.4, -0.2) is 73.5 Å². The maximum absolute atomic E-state index is 11.0. The molecule has 247 valence electrons. The number of aromatic hydroxyl groups is 2. The molecule has 2 aromatic rings. The number of nitrogens with zero attached hydrogens (tertiary/aromatic N) is 2. The summed E-state index contributed by atoms with van der Waals surface area (Å²) < 4.78 is 0. The molecule has 2 N–H and O–H groups in total. The molecule has 0 bridgehead atoms. The number of carboxylic acid groups (broad SMARTS) is 2. The van der Waals surface area contributed by atoms with E-state index in [9.17, 15) is 10.2 Å². The van der Waals surface area contributed by atoms with Crippen LogP contribution in [0.4, 0.5) is 0 Å². The number of phenolic OH excluding ortho intramolecular Hbond substituents is 2. The number of hydrogen-bond donors (Lipinski definition) is 2. The minimum Gasteiger partial charge on any atom is -0.550 e. The van der Waals surface area contributed by atoms with Crippen molar-refractivity contribution >= 4 is 77.4 Å². The Morgan fingerprint density at radius 1 is 0.614 bits per heavy atom. The van der Waals surface area contributed by atoms with Crippen molar-refractivity contribution in [2.24, 2.45) is 9.98 Å². The molecule has 2 rings (SSSR count). The van der Waals surface area contributed by atoms with Crippen molar-refractivity contribution in [2.75, 3.05) is 6.67 Å². The van der Waals surface area contributed by atoms with E-state index in [0.717, 1.165) is 35.3 Å². The molecule has 2 aromatic carbocycles. The summed E-state index contributed by atoms with van der Waals surface area (Å²) in [7, 11) is -6.50. The number of carbonyl (C=O) groups is 2. The number of aliphatic imine (C=N–C) groups is 2. The number of benzene rings is 2. The third kappa shape index (κ3) is 15.6. The van der Waals surface area contributed by atoms with Gasteiger partial charge in [-0.3, -0.25) is 9.98 Å². The van der Waals surface area contributed by atoms with Crippen LogP contribution in [0.25, 0.3) is 0 Å². The molecule has 0 unspecified atom stereocenters. The van der Waals surface area contributed by atoms with E-state index in [-0.39, 0.29) is 23.4 Å². The molecule has 0 amide bonds. The Kier molecular flexibility index (Phi) is 17.3. The molecule has 0 aliphatic heterocycles. The van der Waals surface area contributed by atoms with Crippen LogP contribution < -0.4 is 31.0 Å². The summed E-state index contributed by atoms with van der Waals surface area (Å²) >= 11 is 0. The van der Waals surface area contributed by atoms with Crippen molar-refractivity contribution in [3.05, 3.63) is 35.4 Å². The summed E-state index contributed by atoms with van der Waals surface area (Å²) in [5.41, 5.74) is 1.56. The largest absolute Gasteiger partial charge is 2.00 e. The first-order valence-corrected chi connectivity index (χ1v) is 28.3. The first-order valence-electron chi connectivity index (χ1n) is 14.3. The van der Waals surface area contributed by atoms with E-state index in [1.54, 1.807) is 12.4 Å². The predicted molar refractivity (Wildman–Crippen MR) is 190 cm³/mol. The van der Waals surface area contributed by atoms with E-state index < -0.39 is 44.2 Å². The molecule has 1 radical (unpaired) electrons. The summed E-state index contributed by atoms with van der Waals surface area (Å²) in [5, 5.41) is 44.6. The average Bonchev–Trinajstić information content (AvgIpc) is 2.76. The molecule has 0 saturated heterocycles. The van der Waals surface area contributed by atoms with Crippen LogP contribution in [0.3, 0.4) is 0 Å². The van der Waals surface area contributed by atoms with Crippen molar-refractivity contribution in [2.45, 2.75) is 92.4 Å². The second-order valence-electron chi connectivity index (χ2n) is 14.7. The fourth-order valence-electron chi connectivity index (χ4n) is 3.85. The Morgan fingerprint density at radius 3 is 1.07 bits per heavy atom. The van der Waals surface area contributed by atoms with Gasteiger partial charge in [-0.05, 0) is 24.2 Å². The van der Waals surface area contributed by atoms with Crippen LogP contribution in [0.1, 0.15) is 25.0 Å². The quantitative estimate of drug-likeness (QED) is 0.317. The third-order valence-electron chi connectivity index (χ3n) is 6.25. The van der Waals surface area contributed by atoms with Crippen molar-refractivity contribution in [3.8, 4) is 11.5 Å². The average molecular weight is 720 g/mol. The molecule has 0 atom stereocenters. The second-order valence-corrected chi connectivity index (χ2v) is 34.9. The number of carbonyl (C=O) groups excluding carboxylic acids is 2. The normalized spacial score (nSPS) is 12.1. The molecular formula is C31H52CoN2O6Si4. The van der Waals surface area contributed by atoms with Crippen molar-refractivity contribution < 1.29 is 46.8 Å². The van der Waals surface area contributed by atoms with Gasteiger partial charge in [-0.2, -0.15) is 0 Å². The Labute approximate surface area is 279 Å². The van der Waals surface area contributed by atoms with Gasteiger partial charge < -0.3 is 30.0 Å². The number of aliphatic carboxylic acids is 2. The molecule has 0 fully saturated rings. The third-order valence-corrected chi connectivity index (χ3v) is 14.3. The van der Waals surface area contributed by atoms with Crippen LogP contribution in [-0.2, 0) is 26.4 Å². The van der Waals surface area contributed by atoms with E-state index in [1.807, 2.05) is 0 Å². The Morgan fingerprint density at radius 2 is 0.864 bits per heavy atom. The maximum atomic E-state index is 11.0. The monoisotopic (exact) mass is 719 g/mol. The van der Waals surface area contributed by atoms with Gasteiger partial charge >= 0.3 is 16.8 Å². The molecule has 0 heterocycles.